The maximum Gasteiger partial charge on any atom is 0.227 e. The molecule has 2 rings (SSSR count). The Morgan fingerprint density at radius 2 is 2.06 bits per heavy atom. The minimum absolute atomic E-state index is 0. The van der Waals surface area contributed by atoms with Gasteiger partial charge in [-0.25, -0.2) is 0 Å². The van der Waals surface area contributed by atoms with Crippen molar-refractivity contribution in [1.29, 1.82) is 0 Å². The quantitative estimate of drug-likeness (QED) is 0.878. The summed E-state index contributed by atoms with van der Waals surface area (Å²) in [5.74, 6) is 0.228. The van der Waals surface area contributed by atoms with Crippen molar-refractivity contribution in [2.24, 2.45) is 5.92 Å². The molecule has 1 fully saturated rings. The maximum atomic E-state index is 12.0. The number of anilines is 1. The van der Waals surface area contributed by atoms with Gasteiger partial charge in [0.2, 0.25) is 5.91 Å². The summed E-state index contributed by atoms with van der Waals surface area (Å²) < 4.78 is 0. The van der Waals surface area contributed by atoms with Gasteiger partial charge in [-0.05, 0) is 50.6 Å². The predicted octanol–water partition coefficient (Wildman–Crippen LogP) is 3.01. The monoisotopic (exact) mass is 288 g/mol. The molecule has 1 aromatic rings. The lowest BCUT2D eigenvalue weighted by Crippen LogP contribution is -2.34. The van der Waals surface area contributed by atoms with E-state index in [1.54, 1.807) is 0 Å². The fraction of sp³-hybridized carbons (Fsp3) is 0.462. The number of hydrogen-bond acceptors (Lipinski definition) is 2. The molecule has 0 spiro atoms. The molecular formula is C13H18Cl2N2O. The van der Waals surface area contributed by atoms with Crippen molar-refractivity contribution in [3.05, 3.63) is 28.8 Å². The standard InChI is InChI=1S/C13H17ClN2O.ClH/c1-9-11(14)3-2-4-12(9)16-13(17)10-5-7-15-8-6-10;/h2-4,10,15H,5-8H2,1H3,(H,16,17);1H. The molecule has 1 amide bonds. The molecule has 0 aromatic heterocycles. The molecule has 1 heterocycles. The SMILES string of the molecule is Cc1c(Cl)cccc1NC(=O)C1CCNCC1.Cl. The van der Waals surface area contributed by atoms with Gasteiger partial charge < -0.3 is 10.6 Å². The van der Waals surface area contributed by atoms with Crippen molar-refractivity contribution in [2.75, 3.05) is 18.4 Å². The molecule has 100 valence electrons. The number of nitrogens with one attached hydrogen (secondary N) is 2. The third-order valence-electron chi connectivity index (χ3n) is 3.24. The van der Waals surface area contributed by atoms with Crippen molar-refractivity contribution < 1.29 is 4.79 Å². The summed E-state index contributed by atoms with van der Waals surface area (Å²) in [4.78, 5) is 12.0. The van der Waals surface area contributed by atoms with Crippen LogP contribution in [-0.4, -0.2) is 19.0 Å². The number of hydrogen-bond donors (Lipinski definition) is 2. The highest BCUT2D eigenvalue weighted by Crippen LogP contribution is 2.24. The third kappa shape index (κ3) is 3.61. The molecule has 0 unspecified atom stereocenters. The fourth-order valence-electron chi connectivity index (χ4n) is 2.06. The summed E-state index contributed by atoms with van der Waals surface area (Å²) >= 11 is 6.02. The van der Waals surface area contributed by atoms with Gasteiger partial charge >= 0.3 is 0 Å². The Morgan fingerprint density at radius 3 is 2.72 bits per heavy atom. The first kappa shape index (κ1) is 15.3. The van der Waals surface area contributed by atoms with E-state index in [1.807, 2.05) is 25.1 Å². The maximum absolute atomic E-state index is 12.0. The number of piperidine rings is 1. The van der Waals surface area contributed by atoms with E-state index in [4.69, 9.17) is 11.6 Å². The van der Waals surface area contributed by atoms with E-state index in [-0.39, 0.29) is 24.2 Å². The van der Waals surface area contributed by atoms with Crippen LogP contribution >= 0.6 is 24.0 Å². The number of halogens is 2. The molecule has 1 aliphatic heterocycles. The van der Waals surface area contributed by atoms with Gasteiger partial charge in [0.1, 0.15) is 0 Å². The Morgan fingerprint density at radius 1 is 1.39 bits per heavy atom. The zero-order valence-electron chi connectivity index (χ0n) is 10.3. The van der Waals surface area contributed by atoms with Gasteiger partial charge in [0.05, 0.1) is 0 Å². The van der Waals surface area contributed by atoms with Crippen LogP contribution in [0.3, 0.4) is 0 Å². The van der Waals surface area contributed by atoms with Crippen LogP contribution in [0.4, 0.5) is 5.69 Å². The molecule has 2 N–H and O–H groups in total. The highest BCUT2D eigenvalue weighted by molar-refractivity contribution is 6.31. The van der Waals surface area contributed by atoms with E-state index in [9.17, 15) is 4.79 Å². The van der Waals surface area contributed by atoms with Gasteiger partial charge in [0, 0.05) is 16.6 Å². The molecular weight excluding hydrogens is 271 g/mol. The second kappa shape index (κ2) is 6.98. The smallest absolute Gasteiger partial charge is 0.227 e. The van der Waals surface area contributed by atoms with Gasteiger partial charge in [-0.3, -0.25) is 4.79 Å². The lowest BCUT2D eigenvalue weighted by molar-refractivity contribution is -0.120. The van der Waals surface area contributed by atoms with Crippen molar-refractivity contribution in [3.8, 4) is 0 Å². The van der Waals surface area contributed by atoms with Crippen LogP contribution in [0.1, 0.15) is 18.4 Å². The van der Waals surface area contributed by atoms with Crippen LogP contribution in [-0.2, 0) is 4.79 Å². The average Bonchev–Trinajstić information content (AvgIpc) is 2.36. The van der Waals surface area contributed by atoms with Gasteiger partial charge in [-0.15, -0.1) is 12.4 Å². The van der Waals surface area contributed by atoms with E-state index in [2.05, 4.69) is 10.6 Å². The lowest BCUT2D eigenvalue weighted by Gasteiger charge is -2.22. The van der Waals surface area contributed by atoms with Crippen LogP contribution in [0.5, 0.6) is 0 Å². The lowest BCUT2D eigenvalue weighted by atomic mass is 9.97. The second-order valence-corrected chi connectivity index (χ2v) is 4.83. The number of benzene rings is 1. The summed E-state index contributed by atoms with van der Waals surface area (Å²) in [6, 6.07) is 5.57. The Bertz CT molecular complexity index is 417. The summed E-state index contributed by atoms with van der Waals surface area (Å²) in [6.07, 6.45) is 1.82. The number of carbonyl (C=O) groups excluding carboxylic acids is 1. The molecule has 18 heavy (non-hydrogen) atoms. The molecule has 3 nitrogen and oxygen atoms in total. The number of rotatable bonds is 2. The van der Waals surface area contributed by atoms with Crippen molar-refractivity contribution in [3.63, 3.8) is 0 Å². The Balaban J connectivity index is 0.00000162. The highest BCUT2D eigenvalue weighted by Gasteiger charge is 2.21. The van der Waals surface area contributed by atoms with E-state index in [1.165, 1.54) is 0 Å². The van der Waals surface area contributed by atoms with Crippen LogP contribution in [0.25, 0.3) is 0 Å². The van der Waals surface area contributed by atoms with Crippen LogP contribution in [0, 0.1) is 12.8 Å². The largest absolute Gasteiger partial charge is 0.326 e. The average molecular weight is 289 g/mol. The summed E-state index contributed by atoms with van der Waals surface area (Å²) in [5, 5.41) is 6.91. The van der Waals surface area contributed by atoms with Crippen LogP contribution in [0.2, 0.25) is 5.02 Å². The van der Waals surface area contributed by atoms with Crippen molar-refractivity contribution in [1.82, 2.24) is 5.32 Å². The first-order valence-electron chi connectivity index (χ1n) is 5.95. The number of carbonyl (C=O) groups is 1. The van der Waals surface area contributed by atoms with E-state index < -0.39 is 0 Å². The Kier molecular flexibility index (Phi) is 5.93. The first-order chi connectivity index (χ1) is 8.18. The Hall–Kier alpha value is -0.770. The molecule has 1 saturated heterocycles. The zero-order valence-corrected chi connectivity index (χ0v) is 11.9. The van der Waals surface area contributed by atoms with Gasteiger partial charge in [-0.2, -0.15) is 0 Å². The fourth-order valence-corrected chi connectivity index (χ4v) is 2.24. The van der Waals surface area contributed by atoms with Gasteiger partial charge in [-0.1, -0.05) is 17.7 Å². The zero-order chi connectivity index (χ0) is 12.3. The van der Waals surface area contributed by atoms with Crippen LogP contribution < -0.4 is 10.6 Å². The molecule has 1 aromatic carbocycles. The first-order valence-corrected chi connectivity index (χ1v) is 6.33. The van der Waals surface area contributed by atoms with Crippen molar-refractivity contribution >= 4 is 35.6 Å². The Labute approximate surface area is 119 Å². The summed E-state index contributed by atoms with van der Waals surface area (Å²) in [6.45, 7) is 3.76. The van der Waals surface area contributed by atoms with Crippen LogP contribution in [0.15, 0.2) is 18.2 Å². The van der Waals surface area contributed by atoms with Crippen molar-refractivity contribution in [2.45, 2.75) is 19.8 Å². The minimum atomic E-state index is 0. The third-order valence-corrected chi connectivity index (χ3v) is 3.64. The topological polar surface area (TPSA) is 41.1 Å². The molecule has 0 saturated carbocycles. The normalized spacial score (nSPS) is 15.9. The molecule has 1 aliphatic rings. The van der Waals surface area contributed by atoms with E-state index in [0.29, 0.717) is 5.02 Å². The molecule has 0 aliphatic carbocycles. The highest BCUT2D eigenvalue weighted by atomic mass is 35.5. The summed E-state index contributed by atoms with van der Waals surface area (Å²) in [7, 11) is 0. The minimum Gasteiger partial charge on any atom is -0.326 e. The van der Waals surface area contributed by atoms with E-state index in [0.717, 1.165) is 37.2 Å². The molecule has 0 radical (unpaired) electrons. The molecule has 5 heteroatoms. The summed E-state index contributed by atoms with van der Waals surface area (Å²) in [5.41, 5.74) is 1.75. The molecule has 0 bridgehead atoms. The number of amides is 1. The predicted molar refractivity (Wildman–Crippen MR) is 77.7 cm³/mol. The van der Waals surface area contributed by atoms with Gasteiger partial charge in [0.15, 0.2) is 0 Å². The molecule has 0 atom stereocenters. The van der Waals surface area contributed by atoms with Gasteiger partial charge in [0.25, 0.3) is 0 Å². The van der Waals surface area contributed by atoms with E-state index >= 15 is 0 Å². The second-order valence-electron chi connectivity index (χ2n) is 4.43.